The van der Waals surface area contributed by atoms with Gasteiger partial charge in [0.1, 0.15) is 10.0 Å². The van der Waals surface area contributed by atoms with Crippen LogP contribution in [0.3, 0.4) is 0 Å². The summed E-state index contributed by atoms with van der Waals surface area (Å²) in [5.74, 6) is 0. The molecule has 1 N–H and O–H groups in total. The molecule has 0 bridgehead atoms. The Balaban J connectivity index is 2.13. The van der Waals surface area contributed by atoms with Crippen molar-refractivity contribution in [2.45, 2.75) is 39.7 Å². The first kappa shape index (κ1) is 14.2. The number of benzene rings is 1. The van der Waals surface area contributed by atoms with Crippen molar-refractivity contribution in [3.05, 3.63) is 44.9 Å². The lowest BCUT2D eigenvalue weighted by molar-refractivity contribution is 0.568. The fourth-order valence-corrected chi connectivity index (χ4v) is 3.14. The predicted octanol–water partition coefficient (Wildman–Crippen LogP) is 3.42. The van der Waals surface area contributed by atoms with E-state index in [1.807, 2.05) is 7.05 Å². The van der Waals surface area contributed by atoms with Gasteiger partial charge in [-0.25, -0.2) is 0 Å². The highest BCUT2D eigenvalue weighted by atomic mass is 32.1. The number of hydrogen-bond donors (Lipinski definition) is 1. The SMILES string of the molecule is CCC(NC)c1nnc(Cc2ccc(C)c(C)c2)s1. The molecule has 0 aliphatic carbocycles. The van der Waals surface area contributed by atoms with Crippen LogP contribution in [-0.2, 0) is 6.42 Å². The Labute approximate surface area is 119 Å². The van der Waals surface area contributed by atoms with Crippen LogP contribution < -0.4 is 5.32 Å². The van der Waals surface area contributed by atoms with Crippen molar-refractivity contribution < 1.29 is 0 Å². The summed E-state index contributed by atoms with van der Waals surface area (Å²) < 4.78 is 0. The minimum atomic E-state index is 0.325. The van der Waals surface area contributed by atoms with Crippen molar-refractivity contribution in [2.24, 2.45) is 0 Å². The third-order valence-corrected chi connectivity index (χ3v) is 4.50. The Hall–Kier alpha value is -1.26. The molecule has 1 aromatic carbocycles. The van der Waals surface area contributed by atoms with Crippen molar-refractivity contribution in [3.8, 4) is 0 Å². The summed E-state index contributed by atoms with van der Waals surface area (Å²) in [6.45, 7) is 6.45. The molecule has 102 valence electrons. The Morgan fingerprint density at radius 3 is 2.63 bits per heavy atom. The maximum atomic E-state index is 4.31. The molecule has 1 heterocycles. The number of hydrogen-bond acceptors (Lipinski definition) is 4. The van der Waals surface area contributed by atoms with E-state index < -0.39 is 0 Å². The van der Waals surface area contributed by atoms with E-state index in [4.69, 9.17) is 0 Å². The highest BCUT2D eigenvalue weighted by Gasteiger charge is 2.13. The molecule has 0 saturated heterocycles. The molecule has 3 nitrogen and oxygen atoms in total. The van der Waals surface area contributed by atoms with E-state index in [1.165, 1.54) is 16.7 Å². The standard InChI is InChI=1S/C15H21N3S/c1-5-13(16-4)15-18-17-14(19-15)9-12-7-6-10(2)11(3)8-12/h6-8,13,16H,5,9H2,1-4H3. The molecule has 0 fully saturated rings. The van der Waals surface area contributed by atoms with Gasteiger partial charge in [-0.2, -0.15) is 0 Å². The molecule has 19 heavy (non-hydrogen) atoms. The van der Waals surface area contributed by atoms with Crippen molar-refractivity contribution in [1.29, 1.82) is 0 Å². The Bertz CT molecular complexity index is 544. The molecule has 1 unspecified atom stereocenters. The van der Waals surface area contributed by atoms with Gasteiger partial charge in [0.05, 0.1) is 6.04 Å². The smallest absolute Gasteiger partial charge is 0.134 e. The molecular weight excluding hydrogens is 254 g/mol. The second-order valence-electron chi connectivity index (χ2n) is 4.88. The number of nitrogens with one attached hydrogen (secondary N) is 1. The predicted molar refractivity (Wildman–Crippen MR) is 80.7 cm³/mol. The zero-order valence-corrected chi connectivity index (χ0v) is 12.8. The third-order valence-electron chi connectivity index (χ3n) is 3.46. The van der Waals surface area contributed by atoms with Crippen LogP contribution in [-0.4, -0.2) is 17.2 Å². The summed E-state index contributed by atoms with van der Waals surface area (Å²) in [4.78, 5) is 0. The molecule has 0 aliphatic rings. The Kier molecular flexibility index (Phi) is 4.66. The second-order valence-corrected chi connectivity index (χ2v) is 5.97. The molecule has 0 spiro atoms. The quantitative estimate of drug-likeness (QED) is 0.908. The lowest BCUT2D eigenvalue weighted by atomic mass is 10.0. The number of aromatic nitrogens is 2. The van der Waals surface area contributed by atoms with Crippen molar-refractivity contribution >= 4 is 11.3 Å². The molecular formula is C15H21N3S. The average molecular weight is 275 g/mol. The molecule has 1 atom stereocenters. The normalized spacial score (nSPS) is 12.6. The van der Waals surface area contributed by atoms with Crippen LogP contribution in [0.4, 0.5) is 0 Å². The largest absolute Gasteiger partial charge is 0.311 e. The van der Waals surface area contributed by atoms with Crippen LogP contribution in [0.2, 0.25) is 0 Å². The zero-order chi connectivity index (χ0) is 13.8. The zero-order valence-electron chi connectivity index (χ0n) is 12.0. The maximum Gasteiger partial charge on any atom is 0.134 e. The van der Waals surface area contributed by atoms with Crippen molar-refractivity contribution in [3.63, 3.8) is 0 Å². The fraction of sp³-hybridized carbons (Fsp3) is 0.467. The third kappa shape index (κ3) is 3.39. The summed E-state index contributed by atoms with van der Waals surface area (Å²) in [6, 6.07) is 6.92. The van der Waals surface area contributed by atoms with E-state index in [0.717, 1.165) is 22.9 Å². The first-order chi connectivity index (χ1) is 9.13. The van der Waals surface area contributed by atoms with Crippen LogP contribution in [0, 0.1) is 13.8 Å². The van der Waals surface area contributed by atoms with Crippen LogP contribution in [0.5, 0.6) is 0 Å². The molecule has 0 amide bonds. The Morgan fingerprint density at radius 2 is 2.00 bits per heavy atom. The maximum absolute atomic E-state index is 4.31. The van der Waals surface area contributed by atoms with Crippen molar-refractivity contribution in [2.75, 3.05) is 7.05 Å². The molecule has 0 aliphatic heterocycles. The second kappa shape index (κ2) is 6.26. The van der Waals surface area contributed by atoms with Gasteiger partial charge < -0.3 is 5.32 Å². The van der Waals surface area contributed by atoms with Crippen LogP contribution >= 0.6 is 11.3 Å². The van der Waals surface area contributed by atoms with Gasteiger partial charge in [-0.15, -0.1) is 10.2 Å². The topological polar surface area (TPSA) is 37.8 Å². The number of aryl methyl sites for hydroxylation is 2. The molecule has 2 rings (SSSR count). The molecule has 0 radical (unpaired) electrons. The van der Waals surface area contributed by atoms with Gasteiger partial charge in [0.15, 0.2) is 0 Å². The van der Waals surface area contributed by atoms with Crippen LogP contribution in [0.1, 0.15) is 46.1 Å². The summed E-state index contributed by atoms with van der Waals surface area (Å²) >= 11 is 1.71. The monoisotopic (exact) mass is 275 g/mol. The van der Waals surface area contributed by atoms with Gasteiger partial charge >= 0.3 is 0 Å². The Morgan fingerprint density at radius 1 is 1.21 bits per heavy atom. The lowest BCUT2D eigenvalue weighted by Crippen LogP contribution is -2.14. The molecule has 2 aromatic rings. The van der Waals surface area contributed by atoms with E-state index in [1.54, 1.807) is 11.3 Å². The van der Waals surface area contributed by atoms with Crippen LogP contribution in [0.25, 0.3) is 0 Å². The highest BCUT2D eigenvalue weighted by molar-refractivity contribution is 7.11. The first-order valence-corrected chi connectivity index (χ1v) is 7.51. The summed E-state index contributed by atoms with van der Waals surface area (Å²) in [5.41, 5.74) is 3.98. The van der Waals surface area contributed by atoms with Gasteiger partial charge in [0, 0.05) is 6.42 Å². The lowest BCUT2D eigenvalue weighted by Gasteiger charge is -2.08. The minimum absolute atomic E-state index is 0.325. The van der Waals surface area contributed by atoms with E-state index in [-0.39, 0.29) is 0 Å². The van der Waals surface area contributed by atoms with Gasteiger partial charge in [-0.3, -0.25) is 0 Å². The van der Waals surface area contributed by atoms with E-state index in [2.05, 4.69) is 54.5 Å². The number of rotatable bonds is 5. The average Bonchev–Trinajstić information content (AvgIpc) is 2.84. The van der Waals surface area contributed by atoms with E-state index in [0.29, 0.717) is 6.04 Å². The van der Waals surface area contributed by atoms with Crippen molar-refractivity contribution in [1.82, 2.24) is 15.5 Å². The van der Waals surface area contributed by atoms with Gasteiger partial charge in [0.25, 0.3) is 0 Å². The van der Waals surface area contributed by atoms with E-state index >= 15 is 0 Å². The molecule has 4 heteroatoms. The van der Waals surface area contributed by atoms with E-state index in [9.17, 15) is 0 Å². The summed E-state index contributed by atoms with van der Waals surface area (Å²) in [6.07, 6.45) is 1.91. The summed E-state index contributed by atoms with van der Waals surface area (Å²) in [7, 11) is 1.97. The van der Waals surface area contributed by atoms with Gasteiger partial charge in [0.2, 0.25) is 0 Å². The number of nitrogens with zero attached hydrogens (tertiary/aromatic N) is 2. The summed E-state index contributed by atoms with van der Waals surface area (Å²) in [5, 5.41) is 14.1. The van der Waals surface area contributed by atoms with Gasteiger partial charge in [-0.05, 0) is 44.0 Å². The minimum Gasteiger partial charge on any atom is -0.311 e. The highest BCUT2D eigenvalue weighted by Crippen LogP contribution is 2.22. The molecule has 0 saturated carbocycles. The first-order valence-electron chi connectivity index (χ1n) is 6.69. The molecule has 1 aromatic heterocycles. The fourth-order valence-electron chi connectivity index (χ4n) is 2.07. The van der Waals surface area contributed by atoms with Gasteiger partial charge in [-0.1, -0.05) is 36.5 Å². The van der Waals surface area contributed by atoms with Crippen LogP contribution in [0.15, 0.2) is 18.2 Å².